The molecular weight excluding hydrogens is 438 g/mol. The smallest absolute Gasteiger partial charge is 0.246 e. The van der Waals surface area contributed by atoms with Crippen molar-refractivity contribution in [3.63, 3.8) is 0 Å². The Morgan fingerprint density at radius 3 is 2.35 bits per heavy atom. The van der Waals surface area contributed by atoms with Gasteiger partial charge in [0, 0.05) is 43.8 Å². The molecule has 1 aromatic carbocycles. The van der Waals surface area contributed by atoms with Crippen LogP contribution in [0.1, 0.15) is 26.2 Å². The highest BCUT2D eigenvalue weighted by atomic mass is 35.5. The quantitative estimate of drug-likeness (QED) is 0.671. The Bertz CT molecular complexity index is 1010. The Balaban J connectivity index is 1.43. The first-order valence-corrected chi connectivity index (χ1v) is 12.4. The van der Waals surface area contributed by atoms with Crippen LogP contribution in [0.4, 0.5) is 11.6 Å². The van der Waals surface area contributed by atoms with Gasteiger partial charge in [-0.05, 0) is 56.5 Å². The predicted octanol–water partition coefficient (Wildman–Crippen LogP) is 3.03. The van der Waals surface area contributed by atoms with E-state index in [-0.39, 0.29) is 4.90 Å². The molecule has 2 aromatic rings. The molecule has 0 bridgehead atoms. The summed E-state index contributed by atoms with van der Waals surface area (Å²) in [5.41, 5.74) is 0. The molecule has 4 rings (SSSR count). The topological polar surface area (TPSA) is 78.9 Å². The number of ether oxygens (including phenoxy) is 1. The summed E-state index contributed by atoms with van der Waals surface area (Å²) in [6.45, 7) is 5.02. The van der Waals surface area contributed by atoms with Crippen molar-refractivity contribution in [2.24, 2.45) is 0 Å². The van der Waals surface area contributed by atoms with Crippen molar-refractivity contribution in [3.05, 3.63) is 35.4 Å². The number of benzene rings is 1. The van der Waals surface area contributed by atoms with Gasteiger partial charge in [0.25, 0.3) is 0 Å². The maximum Gasteiger partial charge on any atom is 0.246 e. The van der Waals surface area contributed by atoms with Gasteiger partial charge >= 0.3 is 0 Å². The Labute approximate surface area is 188 Å². The van der Waals surface area contributed by atoms with Crippen molar-refractivity contribution in [1.29, 1.82) is 0 Å². The molecule has 0 radical (unpaired) electrons. The fourth-order valence-corrected chi connectivity index (χ4v) is 6.07. The van der Waals surface area contributed by atoms with Crippen LogP contribution in [0.25, 0.3) is 0 Å². The van der Waals surface area contributed by atoms with Crippen LogP contribution in [0.3, 0.4) is 0 Å². The summed E-state index contributed by atoms with van der Waals surface area (Å²) >= 11 is 6.03. The number of methoxy groups -OCH3 is 1. The van der Waals surface area contributed by atoms with Gasteiger partial charge in [0.05, 0.1) is 7.11 Å². The van der Waals surface area contributed by atoms with Crippen LogP contribution in [-0.4, -0.2) is 68.8 Å². The second kappa shape index (κ2) is 9.18. The summed E-state index contributed by atoms with van der Waals surface area (Å²) in [5.74, 6) is 1.97. The van der Waals surface area contributed by atoms with Gasteiger partial charge in [-0.2, -0.15) is 4.31 Å². The summed E-state index contributed by atoms with van der Waals surface area (Å²) in [6.07, 6.45) is 3.62. The van der Waals surface area contributed by atoms with Gasteiger partial charge in [0.2, 0.25) is 10.0 Å². The van der Waals surface area contributed by atoms with Crippen molar-refractivity contribution in [2.75, 3.05) is 49.6 Å². The number of aromatic nitrogens is 2. The van der Waals surface area contributed by atoms with E-state index >= 15 is 0 Å². The average molecular weight is 466 g/mol. The van der Waals surface area contributed by atoms with E-state index in [1.54, 1.807) is 12.1 Å². The second-order valence-electron chi connectivity index (χ2n) is 7.97. The van der Waals surface area contributed by atoms with E-state index in [1.165, 1.54) is 36.7 Å². The number of sulfonamides is 1. The molecule has 0 spiro atoms. The third-order valence-corrected chi connectivity index (χ3v) is 8.19. The Kier molecular flexibility index (Phi) is 6.55. The van der Waals surface area contributed by atoms with E-state index in [1.807, 2.05) is 12.1 Å². The van der Waals surface area contributed by atoms with Crippen LogP contribution in [0.15, 0.2) is 35.2 Å². The summed E-state index contributed by atoms with van der Waals surface area (Å²) < 4.78 is 33.0. The molecule has 1 aromatic heterocycles. The molecule has 0 aliphatic carbocycles. The summed E-state index contributed by atoms with van der Waals surface area (Å²) in [5, 5.41) is 9.23. The van der Waals surface area contributed by atoms with Gasteiger partial charge in [-0.25, -0.2) is 8.42 Å². The summed E-state index contributed by atoms with van der Waals surface area (Å²) in [6, 6.07) is 9.10. The van der Waals surface area contributed by atoms with E-state index in [0.717, 1.165) is 18.2 Å². The fourth-order valence-electron chi connectivity index (χ4n) is 4.23. The summed E-state index contributed by atoms with van der Waals surface area (Å²) in [7, 11) is -2.25. The number of hydrogen-bond donors (Lipinski definition) is 0. The zero-order valence-corrected chi connectivity index (χ0v) is 19.4. The van der Waals surface area contributed by atoms with Gasteiger partial charge in [-0.1, -0.05) is 11.6 Å². The molecule has 0 N–H and O–H groups in total. The SMILES string of the molecule is COc1ccc(Cl)cc1S(=O)(=O)N1CCN(c2ccc(N3CCCCC3C)nn2)CC1. The van der Waals surface area contributed by atoms with Gasteiger partial charge in [0.1, 0.15) is 10.6 Å². The van der Waals surface area contributed by atoms with E-state index in [0.29, 0.717) is 43.0 Å². The highest BCUT2D eigenvalue weighted by Crippen LogP contribution is 2.30. The Hall–Kier alpha value is -2.10. The van der Waals surface area contributed by atoms with Gasteiger partial charge < -0.3 is 14.5 Å². The molecule has 2 aliphatic rings. The lowest BCUT2D eigenvalue weighted by atomic mass is 10.0. The lowest BCUT2D eigenvalue weighted by molar-refractivity contribution is 0.373. The molecule has 10 heteroatoms. The molecule has 1 atom stereocenters. The van der Waals surface area contributed by atoms with Crippen LogP contribution in [0.2, 0.25) is 5.02 Å². The molecule has 168 valence electrons. The maximum atomic E-state index is 13.1. The minimum absolute atomic E-state index is 0.0933. The van der Waals surface area contributed by atoms with Gasteiger partial charge in [-0.3, -0.25) is 0 Å². The van der Waals surface area contributed by atoms with Crippen LogP contribution in [0, 0.1) is 0 Å². The lowest BCUT2D eigenvalue weighted by Crippen LogP contribution is -2.49. The highest BCUT2D eigenvalue weighted by molar-refractivity contribution is 7.89. The Morgan fingerprint density at radius 1 is 1.00 bits per heavy atom. The van der Waals surface area contributed by atoms with E-state index < -0.39 is 10.0 Å². The first-order chi connectivity index (χ1) is 14.9. The maximum absolute atomic E-state index is 13.1. The largest absolute Gasteiger partial charge is 0.495 e. The molecule has 31 heavy (non-hydrogen) atoms. The molecule has 8 nitrogen and oxygen atoms in total. The number of rotatable bonds is 5. The summed E-state index contributed by atoms with van der Waals surface area (Å²) in [4.78, 5) is 4.47. The monoisotopic (exact) mass is 465 g/mol. The van der Waals surface area contributed by atoms with Crippen molar-refractivity contribution >= 4 is 33.3 Å². The average Bonchev–Trinajstić information content (AvgIpc) is 2.79. The molecule has 2 aliphatic heterocycles. The number of piperidine rings is 1. The minimum atomic E-state index is -3.71. The fraction of sp³-hybridized carbons (Fsp3) is 0.524. The van der Waals surface area contributed by atoms with E-state index in [4.69, 9.17) is 16.3 Å². The van der Waals surface area contributed by atoms with Crippen molar-refractivity contribution in [3.8, 4) is 5.75 Å². The number of halogens is 1. The first-order valence-electron chi connectivity index (χ1n) is 10.6. The number of hydrogen-bond acceptors (Lipinski definition) is 7. The van der Waals surface area contributed by atoms with Crippen LogP contribution in [0.5, 0.6) is 5.75 Å². The lowest BCUT2D eigenvalue weighted by Gasteiger charge is -2.36. The van der Waals surface area contributed by atoms with Crippen LogP contribution >= 0.6 is 11.6 Å². The first kappa shape index (κ1) is 22.1. The van der Waals surface area contributed by atoms with Crippen molar-refractivity contribution in [2.45, 2.75) is 37.1 Å². The van der Waals surface area contributed by atoms with Crippen molar-refractivity contribution in [1.82, 2.24) is 14.5 Å². The standard InChI is InChI=1S/C21H28ClN5O3S/c1-16-5-3-4-10-27(16)21-9-8-20(23-24-21)25-11-13-26(14-12-25)31(28,29)19-15-17(22)6-7-18(19)30-2/h6-9,15-16H,3-5,10-14H2,1-2H3. The zero-order valence-electron chi connectivity index (χ0n) is 17.9. The molecular formula is C21H28ClN5O3S. The van der Waals surface area contributed by atoms with E-state index in [2.05, 4.69) is 26.9 Å². The minimum Gasteiger partial charge on any atom is -0.495 e. The third kappa shape index (κ3) is 4.58. The molecule has 0 saturated carbocycles. The number of nitrogens with zero attached hydrogens (tertiary/aromatic N) is 5. The molecule has 2 fully saturated rings. The Morgan fingerprint density at radius 2 is 1.71 bits per heavy atom. The number of piperazine rings is 1. The number of anilines is 2. The van der Waals surface area contributed by atoms with E-state index in [9.17, 15) is 8.42 Å². The normalized spacial score (nSPS) is 20.7. The predicted molar refractivity (Wildman–Crippen MR) is 122 cm³/mol. The zero-order chi connectivity index (χ0) is 22.0. The second-order valence-corrected chi connectivity index (χ2v) is 10.3. The van der Waals surface area contributed by atoms with Crippen LogP contribution in [-0.2, 0) is 10.0 Å². The highest BCUT2D eigenvalue weighted by Gasteiger charge is 2.31. The third-order valence-electron chi connectivity index (χ3n) is 6.04. The molecule has 1 unspecified atom stereocenters. The van der Waals surface area contributed by atoms with Crippen molar-refractivity contribution < 1.29 is 13.2 Å². The van der Waals surface area contributed by atoms with Crippen LogP contribution < -0.4 is 14.5 Å². The molecule has 2 saturated heterocycles. The molecule has 0 amide bonds. The van der Waals surface area contributed by atoms with Gasteiger partial charge in [-0.15, -0.1) is 10.2 Å². The molecule has 3 heterocycles. The van der Waals surface area contributed by atoms with Gasteiger partial charge in [0.15, 0.2) is 11.6 Å².